The summed E-state index contributed by atoms with van der Waals surface area (Å²) in [5.74, 6) is 2.91. The van der Waals surface area contributed by atoms with Crippen molar-refractivity contribution in [3.05, 3.63) is 42.0 Å². The number of thiocarbonyl (C=S) groups is 1. The molecule has 1 aliphatic heterocycles. The first-order chi connectivity index (χ1) is 12.2. The Kier molecular flexibility index (Phi) is 5.45. The molecular formula is C18H20N2O4S. The van der Waals surface area contributed by atoms with Crippen molar-refractivity contribution < 1.29 is 18.9 Å². The molecule has 0 atom stereocenters. The number of rotatable bonds is 6. The van der Waals surface area contributed by atoms with Gasteiger partial charge in [-0.3, -0.25) is 0 Å². The smallest absolute Gasteiger partial charge is 0.231 e. The van der Waals surface area contributed by atoms with E-state index in [2.05, 4.69) is 10.6 Å². The second-order valence-corrected chi connectivity index (χ2v) is 5.80. The van der Waals surface area contributed by atoms with Crippen molar-refractivity contribution in [1.82, 2.24) is 5.32 Å². The van der Waals surface area contributed by atoms with Gasteiger partial charge in [-0.1, -0.05) is 6.07 Å². The molecule has 0 saturated heterocycles. The maximum atomic E-state index is 5.35. The van der Waals surface area contributed by atoms with E-state index in [9.17, 15) is 0 Å². The molecule has 132 valence electrons. The lowest BCUT2D eigenvalue weighted by Crippen LogP contribution is -2.30. The van der Waals surface area contributed by atoms with Crippen molar-refractivity contribution >= 4 is 23.0 Å². The lowest BCUT2D eigenvalue weighted by Gasteiger charge is -2.12. The fraction of sp³-hybridized carbons (Fsp3) is 0.278. The predicted molar refractivity (Wildman–Crippen MR) is 100 cm³/mol. The minimum Gasteiger partial charge on any atom is -0.493 e. The lowest BCUT2D eigenvalue weighted by molar-refractivity contribution is 0.174. The van der Waals surface area contributed by atoms with Crippen LogP contribution in [0, 0.1) is 0 Å². The van der Waals surface area contributed by atoms with Crippen molar-refractivity contribution in [2.24, 2.45) is 0 Å². The van der Waals surface area contributed by atoms with Gasteiger partial charge in [-0.2, -0.15) is 0 Å². The summed E-state index contributed by atoms with van der Waals surface area (Å²) in [6.45, 7) is 0.957. The molecule has 1 heterocycles. The molecule has 0 radical (unpaired) electrons. The molecule has 1 aliphatic rings. The molecule has 0 spiro atoms. The van der Waals surface area contributed by atoms with Crippen molar-refractivity contribution in [2.45, 2.75) is 6.42 Å². The highest BCUT2D eigenvalue weighted by atomic mass is 32.1. The van der Waals surface area contributed by atoms with Gasteiger partial charge in [0, 0.05) is 18.3 Å². The van der Waals surface area contributed by atoms with Gasteiger partial charge in [-0.15, -0.1) is 0 Å². The van der Waals surface area contributed by atoms with Crippen LogP contribution < -0.4 is 29.6 Å². The highest BCUT2D eigenvalue weighted by molar-refractivity contribution is 7.80. The van der Waals surface area contributed by atoms with E-state index in [4.69, 9.17) is 31.2 Å². The summed E-state index contributed by atoms with van der Waals surface area (Å²) in [5, 5.41) is 6.88. The van der Waals surface area contributed by atoms with E-state index < -0.39 is 0 Å². The van der Waals surface area contributed by atoms with Gasteiger partial charge in [0.25, 0.3) is 0 Å². The minimum atomic E-state index is 0.257. The van der Waals surface area contributed by atoms with Crippen molar-refractivity contribution in [3.8, 4) is 23.0 Å². The molecular weight excluding hydrogens is 340 g/mol. The molecule has 25 heavy (non-hydrogen) atoms. The van der Waals surface area contributed by atoms with Gasteiger partial charge in [0.2, 0.25) is 6.79 Å². The summed E-state index contributed by atoms with van der Waals surface area (Å²) in [5.41, 5.74) is 1.99. The first kappa shape index (κ1) is 17.2. The fourth-order valence-corrected chi connectivity index (χ4v) is 2.73. The van der Waals surface area contributed by atoms with E-state index >= 15 is 0 Å². The van der Waals surface area contributed by atoms with Crippen LogP contribution in [0.15, 0.2) is 36.4 Å². The van der Waals surface area contributed by atoms with Gasteiger partial charge in [-0.25, -0.2) is 0 Å². The van der Waals surface area contributed by atoms with E-state index in [1.807, 2.05) is 36.4 Å². The third-order valence-electron chi connectivity index (χ3n) is 3.78. The van der Waals surface area contributed by atoms with Crippen LogP contribution in [-0.2, 0) is 6.42 Å². The number of ether oxygens (including phenoxy) is 4. The van der Waals surface area contributed by atoms with Crippen LogP contribution in [0.25, 0.3) is 0 Å². The van der Waals surface area contributed by atoms with Crippen LogP contribution in [-0.4, -0.2) is 32.7 Å². The Morgan fingerprint density at radius 1 is 1.04 bits per heavy atom. The van der Waals surface area contributed by atoms with Gasteiger partial charge in [0.15, 0.2) is 28.1 Å². The maximum absolute atomic E-state index is 5.35. The topological polar surface area (TPSA) is 61.0 Å². The molecule has 7 heteroatoms. The van der Waals surface area contributed by atoms with Crippen LogP contribution in [0.5, 0.6) is 23.0 Å². The summed E-state index contributed by atoms with van der Waals surface area (Å²) in [6.07, 6.45) is 0.809. The second-order valence-electron chi connectivity index (χ2n) is 5.39. The number of anilines is 1. The molecule has 0 fully saturated rings. The zero-order chi connectivity index (χ0) is 17.6. The standard InChI is InChI=1S/C18H20N2O4S/c1-21-14-5-3-12(9-16(14)22-2)7-8-19-18(25)20-13-4-6-15-17(10-13)24-11-23-15/h3-6,9-10H,7-8,11H2,1-2H3,(H2,19,20,25). The molecule has 0 unspecified atom stereocenters. The third kappa shape index (κ3) is 4.24. The highest BCUT2D eigenvalue weighted by Crippen LogP contribution is 2.34. The number of benzene rings is 2. The summed E-state index contributed by atoms with van der Waals surface area (Å²) in [4.78, 5) is 0. The zero-order valence-corrected chi connectivity index (χ0v) is 14.9. The van der Waals surface area contributed by atoms with Gasteiger partial charge in [0.1, 0.15) is 0 Å². The minimum absolute atomic E-state index is 0.257. The van der Waals surface area contributed by atoms with E-state index in [1.165, 1.54) is 0 Å². The monoisotopic (exact) mass is 360 g/mol. The van der Waals surface area contributed by atoms with Crippen LogP contribution in [0.2, 0.25) is 0 Å². The summed E-state index contributed by atoms with van der Waals surface area (Å²) >= 11 is 5.33. The normalized spacial score (nSPS) is 11.8. The highest BCUT2D eigenvalue weighted by Gasteiger charge is 2.13. The van der Waals surface area contributed by atoms with E-state index in [1.54, 1.807) is 14.2 Å². The van der Waals surface area contributed by atoms with E-state index in [-0.39, 0.29) is 6.79 Å². The quantitative estimate of drug-likeness (QED) is 0.768. The van der Waals surface area contributed by atoms with Crippen LogP contribution >= 0.6 is 12.2 Å². The Balaban J connectivity index is 1.49. The molecule has 0 aromatic heterocycles. The molecule has 6 nitrogen and oxygen atoms in total. The number of hydrogen-bond acceptors (Lipinski definition) is 5. The van der Waals surface area contributed by atoms with Crippen molar-refractivity contribution in [3.63, 3.8) is 0 Å². The van der Waals surface area contributed by atoms with Gasteiger partial charge < -0.3 is 29.6 Å². The van der Waals surface area contributed by atoms with Gasteiger partial charge in [0.05, 0.1) is 14.2 Å². The first-order valence-electron chi connectivity index (χ1n) is 7.85. The second kappa shape index (κ2) is 7.94. The average Bonchev–Trinajstić information content (AvgIpc) is 3.09. The molecule has 2 aromatic rings. The van der Waals surface area contributed by atoms with E-state index in [0.717, 1.165) is 40.7 Å². The number of fused-ring (bicyclic) bond motifs is 1. The molecule has 2 aromatic carbocycles. The van der Waals surface area contributed by atoms with E-state index in [0.29, 0.717) is 11.7 Å². The van der Waals surface area contributed by atoms with Gasteiger partial charge in [-0.05, 0) is 48.5 Å². The molecule has 0 aliphatic carbocycles. The number of nitrogens with one attached hydrogen (secondary N) is 2. The molecule has 2 N–H and O–H groups in total. The number of methoxy groups -OCH3 is 2. The maximum Gasteiger partial charge on any atom is 0.231 e. The molecule has 0 saturated carbocycles. The lowest BCUT2D eigenvalue weighted by atomic mass is 10.1. The largest absolute Gasteiger partial charge is 0.493 e. The Hall–Kier alpha value is -2.67. The molecule has 3 rings (SSSR count). The van der Waals surface area contributed by atoms with Crippen molar-refractivity contribution in [2.75, 3.05) is 32.9 Å². The number of hydrogen-bond donors (Lipinski definition) is 2. The Labute approximate surface area is 152 Å². The molecule has 0 amide bonds. The average molecular weight is 360 g/mol. The van der Waals surface area contributed by atoms with Crippen molar-refractivity contribution in [1.29, 1.82) is 0 Å². The summed E-state index contributed by atoms with van der Waals surface area (Å²) in [7, 11) is 3.25. The van der Waals surface area contributed by atoms with Crippen LogP contribution in [0.1, 0.15) is 5.56 Å². The van der Waals surface area contributed by atoms with Crippen LogP contribution in [0.4, 0.5) is 5.69 Å². The Morgan fingerprint density at radius 3 is 2.64 bits per heavy atom. The zero-order valence-electron chi connectivity index (χ0n) is 14.1. The Morgan fingerprint density at radius 2 is 1.84 bits per heavy atom. The van der Waals surface area contributed by atoms with Gasteiger partial charge >= 0.3 is 0 Å². The third-order valence-corrected chi connectivity index (χ3v) is 4.02. The van der Waals surface area contributed by atoms with Crippen LogP contribution in [0.3, 0.4) is 0 Å². The summed E-state index contributed by atoms with van der Waals surface area (Å²) < 4.78 is 21.2. The summed E-state index contributed by atoms with van der Waals surface area (Å²) in [6, 6.07) is 11.5. The molecule has 0 bridgehead atoms. The first-order valence-corrected chi connectivity index (χ1v) is 8.26. The SMILES string of the molecule is COc1ccc(CCNC(=S)Nc2ccc3c(c2)OCO3)cc1OC. The Bertz CT molecular complexity index is 767. The fourth-order valence-electron chi connectivity index (χ4n) is 2.51. The predicted octanol–water partition coefficient (Wildman–Crippen LogP) is 2.96.